The summed E-state index contributed by atoms with van der Waals surface area (Å²) in [6.45, 7) is 2.44. The minimum absolute atomic E-state index is 0.0807. The summed E-state index contributed by atoms with van der Waals surface area (Å²) in [5, 5.41) is 0. The molecule has 28 heavy (non-hydrogen) atoms. The maximum absolute atomic E-state index is 5.94. The molecular weight excluding hydrogens is 426 g/mol. The fraction of sp³-hybridized carbons (Fsp3) is 0.429. The first-order chi connectivity index (χ1) is 13.7. The van der Waals surface area contributed by atoms with Gasteiger partial charge >= 0.3 is 0 Å². The molecule has 0 amide bonds. The van der Waals surface area contributed by atoms with Gasteiger partial charge in [0.1, 0.15) is 38.2 Å². The van der Waals surface area contributed by atoms with Crippen molar-refractivity contribution < 1.29 is 23.7 Å². The highest BCUT2D eigenvalue weighted by molar-refractivity contribution is 9.10. The van der Waals surface area contributed by atoms with Crippen LogP contribution in [0.3, 0.4) is 0 Å². The van der Waals surface area contributed by atoms with Crippen molar-refractivity contribution >= 4 is 21.6 Å². The van der Waals surface area contributed by atoms with Crippen LogP contribution >= 0.6 is 15.9 Å². The van der Waals surface area contributed by atoms with Crippen molar-refractivity contribution in [3.8, 4) is 5.75 Å². The molecule has 1 aliphatic rings. The first-order valence-electron chi connectivity index (χ1n) is 9.13. The zero-order chi connectivity index (χ0) is 19.8. The van der Waals surface area contributed by atoms with E-state index in [1.165, 1.54) is 0 Å². The van der Waals surface area contributed by atoms with Crippen molar-refractivity contribution in [2.45, 2.75) is 18.8 Å². The number of anilines is 1. The van der Waals surface area contributed by atoms with Crippen LogP contribution in [0.5, 0.6) is 5.75 Å². The Balaban J connectivity index is 1.63. The molecular formula is C21H26BrNO5. The second-order valence-corrected chi connectivity index (χ2v) is 7.37. The predicted octanol–water partition coefficient (Wildman–Crippen LogP) is 3.83. The molecule has 0 unspecified atom stereocenters. The smallest absolute Gasteiger partial charge is 0.146 e. The molecule has 1 saturated heterocycles. The lowest BCUT2D eigenvalue weighted by Crippen LogP contribution is -2.31. The maximum atomic E-state index is 5.94. The maximum Gasteiger partial charge on any atom is 0.146 e. The fourth-order valence-corrected chi connectivity index (χ4v) is 3.61. The van der Waals surface area contributed by atoms with Gasteiger partial charge in [0.25, 0.3) is 0 Å². The number of rotatable bonds is 10. The predicted molar refractivity (Wildman–Crippen MR) is 111 cm³/mol. The minimum atomic E-state index is -0.0807. The average Bonchev–Trinajstić information content (AvgIpc) is 3.13. The van der Waals surface area contributed by atoms with E-state index in [1.54, 1.807) is 14.2 Å². The first kappa shape index (κ1) is 21.1. The highest BCUT2D eigenvalue weighted by Crippen LogP contribution is 2.32. The van der Waals surface area contributed by atoms with E-state index in [1.807, 2.05) is 36.4 Å². The highest BCUT2D eigenvalue weighted by atomic mass is 79.9. The first-order valence-corrected chi connectivity index (χ1v) is 9.93. The van der Waals surface area contributed by atoms with Gasteiger partial charge in [-0.05, 0) is 39.7 Å². The second kappa shape index (κ2) is 10.8. The summed E-state index contributed by atoms with van der Waals surface area (Å²) >= 11 is 3.63. The Morgan fingerprint density at radius 1 is 0.929 bits per heavy atom. The molecule has 2 aromatic carbocycles. The van der Waals surface area contributed by atoms with E-state index in [4.69, 9.17) is 23.7 Å². The summed E-state index contributed by atoms with van der Waals surface area (Å²) in [4.78, 5) is 2.23. The molecule has 0 saturated carbocycles. The van der Waals surface area contributed by atoms with Crippen molar-refractivity contribution in [1.29, 1.82) is 0 Å². The molecule has 1 aliphatic heterocycles. The molecule has 2 atom stereocenters. The number of methoxy groups -OCH3 is 2. The van der Waals surface area contributed by atoms with Crippen LogP contribution in [0.2, 0.25) is 0 Å². The summed E-state index contributed by atoms with van der Waals surface area (Å²) in [6.07, 6.45) is -0.161. The van der Waals surface area contributed by atoms with Gasteiger partial charge in [-0.1, -0.05) is 30.3 Å². The van der Waals surface area contributed by atoms with Crippen LogP contribution in [0.4, 0.5) is 5.69 Å². The summed E-state index contributed by atoms with van der Waals surface area (Å²) in [6, 6.07) is 16.2. The van der Waals surface area contributed by atoms with E-state index < -0.39 is 0 Å². The number of hydrogen-bond donors (Lipinski definition) is 0. The third-order valence-electron chi connectivity index (χ3n) is 4.53. The quantitative estimate of drug-likeness (QED) is 0.511. The summed E-state index contributed by atoms with van der Waals surface area (Å²) in [7, 11) is 3.23. The standard InChI is InChI=1S/C21H26BrNO5/c1-24-14-27-20-11-23(12-21(20)28-15-25-2)17-8-9-19(18(22)10-17)26-13-16-6-4-3-5-7-16/h3-10,20-21H,11-15H2,1-2H3/t20-,21-/m0/s1. The third kappa shape index (κ3) is 5.68. The Bertz CT molecular complexity index is 714. The third-order valence-corrected chi connectivity index (χ3v) is 5.15. The molecule has 1 fully saturated rings. The molecule has 152 valence electrons. The van der Waals surface area contributed by atoms with Crippen LogP contribution in [-0.2, 0) is 25.6 Å². The highest BCUT2D eigenvalue weighted by Gasteiger charge is 2.35. The molecule has 2 aromatic rings. The monoisotopic (exact) mass is 451 g/mol. The molecule has 0 spiro atoms. The summed E-state index contributed by atoms with van der Waals surface area (Å²) in [5.41, 5.74) is 2.21. The minimum Gasteiger partial charge on any atom is -0.488 e. The van der Waals surface area contributed by atoms with Gasteiger partial charge in [0, 0.05) is 33.0 Å². The van der Waals surface area contributed by atoms with E-state index in [9.17, 15) is 0 Å². The summed E-state index contributed by atoms with van der Waals surface area (Å²) in [5.74, 6) is 0.811. The van der Waals surface area contributed by atoms with Gasteiger partial charge in [0.2, 0.25) is 0 Å². The van der Waals surface area contributed by atoms with Gasteiger partial charge in [0.15, 0.2) is 0 Å². The van der Waals surface area contributed by atoms with E-state index in [2.05, 4.69) is 33.0 Å². The van der Waals surface area contributed by atoms with Gasteiger partial charge in [-0.2, -0.15) is 0 Å². The molecule has 0 aliphatic carbocycles. The number of ether oxygens (including phenoxy) is 5. The largest absolute Gasteiger partial charge is 0.488 e. The topological polar surface area (TPSA) is 49.4 Å². The second-order valence-electron chi connectivity index (χ2n) is 6.52. The molecule has 6 nitrogen and oxygen atoms in total. The molecule has 3 rings (SSSR count). The van der Waals surface area contributed by atoms with E-state index >= 15 is 0 Å². The lowest BCUT2D eigenvalue weighted by atomic mass is 10.2. The Labute approximate surface area is 174 Å². The molecule has 0 aromatic heterocycles. The zero-order valence-corrected chi connectivity index (χ0v) is 17.8. The molecule has 0 bridgehead atoms. The Kier molecular flexibility index (Phi) is 8.12. The number of halogens is 1. The number of nitrogens with zero attached hydrogens (tertiary/aromatic N) is 1. The lowest BCUT2D eigenvalue weighted by Gasteiger charge is -2.19. The number of benzene rings is 2. The van der Waals surface area contributed by atoms with Crippen LogP contribution in [0.15, 0.2) is 53.0 Å². The Morgan fingerprint density at radius 2 is 1.57 bits per heavy atom. The van der Waals surface area contributed by atoms with Crippen molar-refractivity contribution in [3.63, 3.8) is 0 Å². The SMILES string of the molecule is COCO[C@H]1CN(c2ccc(OCc3ccccc3)c(Br)c2)C[C@@H]1OCOC. The van der Waals surface area contributed by atoms with E-state index in [0.29, 0.717) is 19.7 Å². The van der Waals surface area contributed by atoms with Gasteiger partial charge in [-0.15, -0.1) is 0 Å². The van der Waals surface area contributed by atoms with Crippen LogP contribution in [0.25, 0.3) is 0 Å². The lowest BCUT2D eigenvalue weighted by molar-refractivity contribution is -0.139. The fourth-order valence-electron chi connectivity index (χ4n) is 3.12. The van der Waals surface area contributed by atoms with Gasteiger partial charge in [-0.3, -0.25) is 0 Å². The average molecular weight is 452 g/mol. The van der Waals surface area contributed by atoms with Crippen LogP contribution < -0.4 is 9.64 Å². The molecule has 1 heterocycles. The van der Waals surface area contributed by atoms with Gasteiger partial charge in [-0.25, -0.2) is 0 Å². The van der Waals surface area contributed by atoms with E-state index in [0.717, 1.165) is 21.5 Å². The van der Waals surface area contributed by atoms with Crippen molar-refractivity contribution in [2.75, 3.05) is 45.8 Å². The van der Waals surface area contributed by atoms with Crippen LogP contribution in [0.1, 0.15) is 5.56 Å². The van der Waals surface area contributed by atoms with Crippen LogP contribution in [0, 0.1) is 0 Å². The van der Waals surface area contributed by atoms with Gasteiger partial charge < -0.3 is 28.6 Å². The van der Waals surface area contributed by atoms with Gasteiger partial charge in [0.05, 0.1) is 4.47 Å². The van der Waals surface area contributed by atoms with Crippen LogP contribution in [-0.4, -0.2) is 53.1 Å². The zero-order valence-electron chi connectivity index (χ0n) is 16.2. The van der Waals surface area contributed by atoms with Crippen molar-refractivity contribution in [3.05, 3.63) is 58.6 Å². The Hall–Kier alpha value is -1.64. The molecule has 0 N–H and O–H groups in total. The molecule has 0 radical (unpaired) electrons. The van der Waals surface area contributed by atoms with E-state index in [-0.39, 0.29) is 25.8 Å². The van der Waals surface area contributed by atoms with Crippen molar-refractivity contribution in [2.24, 2.45) is 0 Å². The Morgan fingerprint density at radius 3 is 2.14 bits per heavy atom. The van der Waals surface area contributed by atoms with Crippen molar-refractivity contribution in [1.82, 2.24) is 0 Å². The summed E-state index contributed by atoms with van der Waals surface area (Å²) < 4.78 is 28.5. The molecule has 7 heteroatoms. The number of hydrogen-bond acceptors (Lipinski definition) is 6. The normalized spacial score (nSPS) is 19.2.